The van der Waals surface area contributed by atoms with Gasteiger partial charge in [0, 0.05) is 12.5 Å². The maximum absolute atomic E-state index is 6.49. The smallest absolute Gasteiger partial charge is 0.0653 e. The second-order valence-electron chi connectivity index (χ2n) is 8.14. The fourth-order valence-corrected chi connectivity index (χ4v) is 6.01. The fourth-order valence-electron chi connectivity index (χ4n) is 6.01. The molecule has 0 amide bonds. The Morgan fingerprint density at radius 3 is 2.63 bits per heavy atom. The number of ether oxygens (including phenoxy) is 2. The maximum Gasteiger partial charge on any atom is 0.0653 e. The second kappa shape index (κ2) is 3.65. The number of hydrogen-bond donors (Lipinski definition) is 0. The van der Waals surface area contributed by atoms with Crippen LogP contribution in [0, 0.1) is 35.0 Å². The lowest BCUT2D eigenvalue weighted by atomic mass is 9.74. The average molecular weight is 262 g/mol. The molecule has 0 heterocycles. The largest absolute Gasteiger partial charge is 0.384 e. The molecule has 0 radical (unpaired) electrons. The Morgan fingerprint density at radius 1 is 1.16 bits per heavy atom. The van der Waals surface area contributed by atoms with Gasteiger partial charge in [0.2, 0.25) is 0 Å². The van der Waals surface area contributed by atoms with Gasteiger partial charge in [-0.1, -0.05) is 12.2 Å². The van der Waals surface area contributed by atoms with E-state index < -0.39 is 0 Å². The van der Waals surface area contributed by atoms with Crippen molar-refractivity contribution in [1.82, 2.24) is 0 Å². The Hall–Kier alpha value is -0.340. The van der Waals surface area contributed by atoms with E-state index in [0.717, 1.165) is 36.2 Å². The molecule has 4 fully saturated rings. The summed E-state index contributed by atoms with van der Waals surface area (Å²) < 4.78 is 12.1. The highest BCUT2D eigenvalue weighted by Gasteiger charge is 2.83. The summed E-state index contributed by atoms with van der Waals surface area (Å²) in [4.78, 5) is 0. The average Bonchev–Trinajstić information content (AvgIpc) is 2.84. The number of methoxy groups -OCH3 is 1. The molecule has 0 aromatic rings. The molecule has 6 bridgehead atoms. The first-order chi connectivity index (χ1) is 8.99. The van der Waals surface area contributed by atoms with Crippen LogP contribution in [0.5, 0.6) is 0 Å². The van der Waals surface area contributed by atoms with Gasteiger partial charge in [0.05, 0.1) is 18.3 Å². The molecule has 5 aliphatic rings. The van der Waals surface area contributed by atoms with Crippen LogP contribution in [-0.4, -0.2) is 25.4 Å². The third-order valence-electron chi connectivity index (χ3n) is 6.13. The van der Waals surface area contributed by atoms with Crippen LogP contribution in [0.4, 0.5) is 0 Å². The highest BCUT2D eigenvalue weighted by atomic mass is 16.5. The van der Waals surface area contributed by atoms with E-state index in [9.17, 15) is 0 Å². The van der Waals surface area contributed by atoms with E-state index >= 15 is 0 Å². The quantitative estimate of drug-likeness (QED) is 0.727. The van der Waals surface area contributed by atoms with Crippen LogP contribution in [0.25, 0.3) is 0 Å². The lowest BCUT2D eigenvalue weighted by Crippen LogP contribution is -2.38. The van der Waals surface area contributed by atoms with E-state index in [1.165, 1.54) is 12.8 Å². The lowest BCUT2D eigenvalue weighted by Gasteiger charge is -2.36. The molecule has 19 heavy (non-hydrogen) atoms. The normalized spacial score (nSPS) is 53.5. The van der Waals surface area contributed by atoms with Crippen molar-refractivity contribution in [3.63, 3.8) is 0 Å². The molecular formula is C17H26O2. The highest BCUT2D eigenvalue weighted by molar-refractivity contribution is 5.32. The first-order valence-corrected chi connectivity index (χ1v) is 7.81. The summed E-state index contributed by atoms with van der Waals surface area (Å²) in [6.45, 7) is 7.53. The first kappa shape index (κ1) is 12.4. The van der Waals surface area contributed by atoms with Gasteiger partial charge < -0.3 is 9.47 Å². The summed E-state index contributed by atoms with van der Waals surface area (Å²) >= 11 is 0. The monoisotopic (exact) mass is 262 g/mol. The van der Waals surface area contributed by atoms with Gasteiger partial charge in [-0.3, -0.25) is 0 Å². The van der Waals surface area contributed by atoms with Crippen molar-refractivity contribution in [2.24, 2.45) is 35.0 Å². The van der Waals surface area contributed by atoms with Crippen LogP contribution in [0.1, 0.15) is 33.6 Å². The van der Waals surface area contributed by atoms with Gasteiger partial charge in [-0.2, -0.15) is 0 Å². The molecule has 2 nitrogen and oxygen atoms in total. The zero-order valence-corrected chi connectivity index (χ0v) is 12.6. The Morgan fingerprint density at radius 2 is 1.95 bits per heavy atom. The van der Waals surface area contributed by atoms with Crippen molar-refractivity contribution in [2.45, 2.75) is 45.3 Å². The van der Waals surface area contributed by atoms with E-state index in [4.69, 9.17) is 9.47 Å². The number of rotatable bonds is 3. The fraction of sp³-hybridized carbons (Fsp3) is 0.882. The molecule has 0 N–H and O–H groups in total. The molecule has 0 aliphatic heterocycles. The molecule has 0 saturated heterocycles. The van der Waals surface area contributed by atoms with Crippen LogP contribution >= 0.6 is 0 Å². The van der Waals surface area contributed by atoms with E-state index in [1.807, 2.05) is 7.11 Å². The highest BCUT2D eigenvalue weighted by Crippen LogP contribution is 2.83. The van der Waals surface area contributed by atoms with Crippen molar-refractivity contribution >= 4 is 0 Å². The molecule has 7 atom stereocenters. The molecule has 0 aromatic heterocycles. The predicted octanol–water partition coefficient (Wildman–Crippen LogP) is 3.27. The Balaban J connectivity index is 1.68. The van der Waals surface area contributed by atoms with Crippen LogP contribution < -0.4 is 0 Å². The minimum absolute atomic E-state index is 0.0138. The van der Waals surface area contributed by atoms with E-state index in [2.05, 4.69) is 32.9 Å². The topological polar surface area (TPSA) is 18.5 Å². The van der Waals surface area contributed by atoms with Crippen molar-refractivity contribution in [1.29, 1.82) is 0 Å². The van der Waals surface area contributed by atoms with Crippen molar-refractivity contribution in [3.05, 3.63) is 12.2 Å². The zero-order chi connectivity index (χ0) is 13.4. The molecule has 4 saturated carbocycles. The van der Waals surface area contributed by atoms with Crippen LogP contribution in [0.15, 0.2) is 12.2 Å². The minimum Gasteiger partial charge on any atom is -0.384 e. The van der Waals surface area contributed by atoms with Crippen molar-refractivity contribution < 1.29 is 9.47 Å². The molecular weight excluding hydrogens is 236 g/mol. The summed E-state index contributed by atoms with van der Waals surface area (Å²) in [7, 11) is 1.87. The first-order valence-electron chi connectivity index (χ1n) is 7.81. The van der Waals surface area contributed by atoms with Crippen molar-refractivity contribution in [3.8, 4) is 0 Å². The van der Waals surface area contributed by atoms with Gasteiger partial charge in [0.15, 0.2) is 0 Å². The standard InChI is InChI=1S/C17H26O2/c1-16(2,3)19-15-12-11-10-7-5-6-8-17(9-18-4,13(10)15)14(11)12/h5-6,10-15H,7-9H2,1-4H3/t10?,11?,12?,13?,14?,15-,17-/m0/s1. The molecule has 0 aromatic carbocycles. The summed E-state index contributed by atoms with van der Waals surface area (Å²) in [5.74, 6) is 4.28. The van der Waals surface area contributed by atoms with Crippen LogP contribution in [0.2, 0.25) is 0 Å². The SMILES string of the molecule is COC[C@]12CC=CCC3C4C(C41)[C@H](OC(C)(C)C)C32. The number of allylic oxidation sites excluding steroid dienone is 2. The van der Waals surface area contributed by atoms with Gasteiger partial charge in [0.25, 0.3) is 0 Å². The Labute approximate surface area is 116 Å². The molecule has 0 spiro atoms. The lowest BCUT2D eigenvalue weighted by molar-refractivity contribution is -0.0970. The van der Waals surface area contributed by atoms with E-state index in [1.54, 1.807) is 0 Å². The van der Waals surface area contributed by atoms with Crippen LogP contribution in [-0.2, 0) is 9.47 Å². The number of hydrogen-bond acceptors (Lipinski definition) is 2. The van der Waals surface area contributed by atoms with Gasteiger partial charge in [-0.15, -0.1) is 0 Å². The third-order valence-corrected chi connectivity index (χ3v) is 6.13. The summed E-state index contributed by atoms with van der Waals surface area (Å²) in [6, 6.07) is 0. The molecule has 2 heteroatoms. The maximum atomic E-state index is 6.49. The van der Waals surface area contributed by atoms with Crippen LogP contribution in [0.3, 0.4) is 0 Å². The summed E-state index contributed by atoms with van der Waals surface area (Å²) in [6.07, 6.45) is 7.81. The Bertz CT molecular complexity index is 421. The Kier molecular flexibility index (Phi) is 2.38. The summed E-state index contributed by atoms with van der Waals surface area (Å²) in [5, 5.41) is 0. The van der Waals surface area contributed by atoms with E-state index in [-0.39, 0.29) is 5.60 Å². The summed E-state index contributed by atoms with van der Waals surface area (Å²) in [5.41, 5.74) is 0.387. The molecule has 5 rings (SSSR count). The zero-order valence-electron chi connectivity index (χ0n) is 12.6. The van der Waals surface area contributed by atoms with Gasteiger partial charge in [-0.25, -0.2) is 0 Å². The van der Waals surface area contributed by atoms with Crippen molar-refractivity contribution in [2.75, 3.05) is 13.7 Å². The van der Waals surface area contributed by atoms with Gasteiger partial charge in [-0.05, 0) is 63.2 Å². The minimum atomic E-state index is -0.0138. The predicted molar refractivity (Wildman–Crippen MR) is 74.8 cm³/mol. The molecule has 106 valence electrons. The third kappa shape index (κ3) is 1.45. The van der Waals surface area contributed by atoms with Gasteiger partial charge in [0.1, 0.15) is 0 Å². The second-order valence-corrected chi connectivity index (χ2v) is 8.14. The molecule has 5 unspecified atom stereocenters. The van der Waals surface area contributed by atoms with E-state index in [0.29, 0.717) is 11.5 Å². The molecule has 5 aliphatic carbocycles. The van der Waals surface area contributed by atoms with Gasteiger partial charge >= 0.3 is 0 Å².